The van der Waals surface area contributed by atoms with Crippen molar-refractivity contribution in [1.82, 2.24) is 10.2 Å². The second kappa shape index (κ2) is 7.76. The Morgan fingerprint density at radius 1 is 1.40 bits per heavy atom. The molecule has 112 valence electrons. The van der Waals surface area contributed by atoms with E-state index in [0.717, 1.165) is 39.0 Å². The van der Waals surface area contributed by atoms with Gasteiger partial charge >= 0.3 is 0 Å². The van der Waals surface area contributed by atoms with Crippen molar-refractivity contribution in [3.05, 3.63) is 22.4 Å². The number of amides is 1. The molecule has 1 amide bonds. The van der Waals surface area contributed by atoms with Crippen LogP contribution in [0.2, 0.25) is 0 Å². The first-order valence-corrected chi connectivity index (χ1v) is 8.33. The number of carbonyl (C=O) groups excluding carboxylic acids is 1. The summed E-state index contributed by atoms with van der Waals surface area (Å²) in [7, 11) is 0. The highest BCUT2D eigenvalue weighted by Crippen LogP contribution is 2.29. The first-order valence-electron chi connectivity index (χ1n) is 7.45. The van der Waals surface area contributed by atoms with Crippen molar-refractivity contribution in [3.63, 3.8) is 0 Å². The third kappa shape index (κ3) is 3.59. The first kappa shape index (κ1) is 15.5. The van der Waals surface area contributed by atoms with Crippen molar-refractivity contribution in [3.8, 4) is 0 Å². The minimum absolute atomic E-state index is 0.0404. The third-order valence-electron chi connectivity index (χ3n) is 3.51. The normalized spacial score (nSPS) is 22.7. The Hall–Kier alpha value is -0.910. The van der Waals surface area contributed by atoms with Crippen LogP contribution in [0.1, 0.15) is 44.2 Å². The van der Waals surface area contributed by atoms with Gasteiger partial charge in [0.05, 0.1) is 6.04 Å². The Kier molecular flexibility index (Phi) is 6.01. The van der Waals surface area contributed by atoms with Gasteiger partial charge in [-0.2, -0.15) is 0 Å². The van der Waals surface area contributed by atoms with Crippen LogP contribution in [0.4, 0.5) is 0 Å². The molecule has 2 rings (SSSR count). The molecule has 1 N–H and O–H groups in total. The predicted octanol–water partition coefficient (Wildman–Crippen LogP) is 2.77. The van der Waals surface area contributed by atoms with Crippen LogP contribution in [-0.2, 0) is 9.53 Å². The fourth-order valence-electron chi connectivity index (χ4n) is 2.48. The van der Waals surface area contributed by atoms with Gasteiger partial charge in [-0.05, 0) is 30.7 Å². The van der Waals surface area contributed by atoms with Gasteiger partial charge in [-0.25, -0.2) is 0 Å². The van der Waals surface area contributed by atoms with E-state index in [1.54, 1.807) is 11.3 Å². The SMILES string of the molecule is CCCOCCCN1C(=O)C(CC)NC1c1cccs1. The van der Waals surface area contributed by atoms with E-state index in [2.05, 4.69) is 30.6 Å². The maximum absolute atomic E-state index is 12.4. The van der Waals surface area contributed by atoms with E-state index in [4.69, 9.17) is 4.74 Å². The molecule has 0 aliphatic carbocycles. The smallest absolute Gasteiger partial charge is 0.241 e. The van der Waals surface area contributed by atoms with Crippen LogP contribution in [0, 0.1) is 0 Å². The summed E-state index contributed by atoms with van der Waals surface area (Å²) in [5.41, 5.74) is 0. The molecular weight excluding hydrogens is 272 g/mol. The van der Waals surface area contributed by atoms with Crippen LogP contribution in [0.5, 0.6) is 0 Å². The largest absolute Gasteiger partial charge is 0.381 e. The quantitative estimate of drug-likeness (QED) is 0.750. The van der Waals surface area contributed by atoms with Crippen molar-refractivity contribution in [2.75, 3.05) is 19.8 Å². The molecule has 2 heterocycles. The first-order chi connectivity index (χ1) is 9.77. The van der Waals surface area contributed by atoms with Crippen LogP contribution >= 0.6 is 11.3 Å². The standard InChI is InChI=1S/C15H24N2O2S/c1-3-9-19-10-6-8-17-14(13-7-5-11-20-13)16-12(4-2)15(17)18/h5,7,11-12,14,16H,3-4,6,8-10H2,1-2H3. The Bertz CT molecular complexity index is 408. The monoisotopic (exact) mass is 296 g/mol. The van der Waals surface area contributed by atoms with Crippen LogP contribution in [-0.4, -0.2) is 36.6 Å². The topological polar surface area (TPSA) is 41.6 Å². The van der Waals surface area contributed by atoms with Gasteiger partial charge in [0, 0.05) is 24.6 Å². The average Bonchev–Trinajstić information content (AvgIpc) is 3.07. The molecule has 0 saturated carbocycles. The molecule has 4 nitrogen and oxygen atoms in total. The Labute approximate surface area is 125 Å². The highest BCUT2D eigenvalue weighted by molar-refractivity contribution is 7.10. The molecule has 1 aromatic rings. The fraction of sp³-hybridized carbons (Fsp3) is 0.667. The number of hydrogen-bond donors (Lipinski definition) is 1. The Morgan fingerprint density at radius 2 is 2.25 bits per heavy atom. The van der Waals surface area contributed by atoms with E-state index in [0.29, 0.717) is 0 Å². The molecule has 0 radical (unpaired) electrons. The molecule has 0 aromatic carbocycles. The molecule has 2 atom stereocenters. The summed E-state index contributed by atoms with van der Waals surface area (Å²) in [6.07, 6.45) is 2.81. The second-order valence-corrected chi connectivity index (χ2v) is 6.02. The fourth-order valence-corrected chi connectivity index (χ4v) is 3.27. The summed E-state index contributed by atoms with van der Waals surface area (Å²) in [5.74, 6) is 0.224. The van der Waals surface area contributed by atoms with E-state index in [1.807, 2.05) is 11.0 Å². The number of rotatable bonds is 8. The van der Waals surface area contributed by atoms with E-state index in [-0.39, 0.29) is 18.1 Å². The maximum Gasteiger partial charge on any atom is 0.241 e. The molecule has 1 fully saturated rings. The number of nitrogens with one attached hydrogen (secondary N) is 1. The molecule has 0 bridgehead atoms. The molecule has 1 aliphatic rings. The summed E-state index contributed by atoms with van der Waals surface area (Å²) in [4.78, 5) is 15.6. The lowest BCUT2D eigenvalue weighted by molar-refractivity contribution is -0.130. The van der Waals surface area contributed by atoms with Gasteiger partial charge in [0.2, 0.25) is 5.91 Å². The molecule has 5 heteroatoms. The van der Waals surface area contributed by atoms with E-state index in [9.17, 15) is 4.79 Å². The zero-order chi connectivity index (χ0) is 14.4. The number of ether oxygens (including phenoxy) is 1. The van der Waals surface area contributed by atoms with Crippen molar-refractivity contribution in [2.45, 2.75) is 45.3 Å². The number of carbonyl (C=O) groups is 1. The molecule has 2 unspecified atom stereocenters. The summed E-state index contributed by atoms with van der Waals surface area (Å²) in [6.45, 7) is 6.44. The van der Waals surface area contributed by atoms with Crippen molar-refractivity contribution >= 4 is 17.2 Å². The number of nitrogens with zero attached hydrogens (tertiary/aromatic N) is 1. The lowest BCUT2D eigenvalue weighted by atomic mass is 10.2. The minimum Gasteiger partial charge on any atom is -0.381 e. The average molecular weight is 296 g/mol. The van der Waals surface area contributed by atoms with Crippen LogP contribution < -0.4 is 5.32 Å². The maximum atomic E-state index is 12.4. The van der Waals surface area contributed by atoms with Crippen LogP contribution in [0.15, 0.2) is 17.5 Å². The van der Waals surface area contributed by atoms with Gasteiger partial charge in [-0.3, -0.25) is 10.1 Å². The molecule has 0 spiro atoms. The van der Waals surface area contributed by atoms with E-state index < -0.39 is 0 Å². The van der Waals surface area contributed by atoms with Gasteiger partial charge in [-0.1, -0.05) is 19.9 Å². The molecule has 1 aromatic heterocycles. The predicted molar refractivity (Wildman–Crippen MR) is 81.7 cm³/mol. The Balaban J connectivity index is 1.93. The van der Waals surface area contributed by atoms with Crippen molar-refractivity contribution in [1.29, 1.82) is 0 Å². The summed E-state index contributed by atoms with van der Waals surface area (Å²) in [6, 6.07) is 4.08. The zero-order valence-corrected chi connectivity index (χ0v) is 13.1. The van der Waals surface area contributed by atoms with Crippen LogP contribution in [0.25, 0.3) is 0 Å². The summed E-state index contributed by atoms with van der Waals surface area (Å²) in [5, 5.41) is 5.50. The van der Waals surface area contributed by atoms with Crippen LogP contribution in [0.3, 0.4) is 0 Å². The molecular formula is C15H24N2O2S. The molecule has 1 aliphatic heterocycles. The highest BCUT2D eigenvalue weighted by Gasteiger charge is 2.38. The lowest BCUT2D eigenvalue weighted by Gasteiger charge is -2.23. The highest BCUT2D eigenvalue weighted by atomic mass is 32.1. The van der Waals surface area contributed by atoms with Crippen molar-refractivity contribution < 1.29 is 9.53 Å². The molecule has 1 saturated heterocycles. The lowest BCUT2D eigenvalue weighted by Crippen LogP contribution is -2.32. The number of thiophene rings is 1. The zero-order valence-electron chi connectivity index (χ0n) is 12.3. The molecule has 20 heavy (non-hydrogen) atoms. The summed E-state index contributed by atoms with van der Waals surface area (Å²) < 4.78 is 5.50. The van der Waals surface area contributed by atoms with E-state index >= 15 is 0 Å². The van der Waals surface area contributed by atoms with Gasteiger partial charge in [0.1, 0.15) is 6.17 Å². The van der Waals surface area contributed by atoms with Crippen molar-refractivity contribution in [2.24, 2.45) is 0 Å². The van der Waals surface area contributed by atoms with Gasteiger partial charge in [0.25, 0.3) is 0 Å². The van der Waals surface area contributed by atoms with E-state index in [1.165, 1.54) is 4.88 Å². The third-order valence-corrected chi connectivity index (χ3v) is 4.43. The van der Waals surface area contributed by atoms with Gasteiger partial charge in [-0.15, -0.1) is 11.3 Å². The van der Waals surface area contributed by atoms with Gasteiger partial charge < -0.3 is 9.64 Å². The number of hydrogen-bond acceptors (Lipinski definition) is 4. The second-order valence-electron chi connectivity index (χ2n) is 5.04. The minimum atomic E-state index is -0.0429. The Morgan fingerprint density at radius 3 is 2.90 bits per heavy atom. The van der Waals surface area contributed by atoms with Gasteiger partial charge in [0.15, 0.2) is 0 Å². The summed E-state index contributed by atoms with van der Waals surface area (Å²) >= 11 is 1.70.